The van der Waals surface area contributed by atoms with Crippen LogP contribution in [0.15, 0.2) is 41.3 Å². The number of aryl methyl sites for hydroxylation is 1. The average Bonchev–Trinajstić information content (AvgIpc) is 2.91. The molecule has 0 aliphatic heterocycles. The van der Waals surface area contributed by atoms with E-state index in [2.05, 4.69) is 41.8 Å². The molecule has 0 saturated carbocycles. The summed E-state index contributed by atoms with van der Waals surface area (Å²) in [6, 6.07) is 12.4. The number of thiazole rings is 1. The molecule has 3 aromatic rings. The van der Waals surface area contributed by atoms with Gasteiger partial charge in [-0.25, -0.2) is 8.42 Å². The summed E-state index contributed by atoms with van der Waals surface area (Å²) in [5.74, 6) is -0.341. The standard InChI is InChI=1S/C18H19NO3S3/c1-13(23-2)12-17-19(10-5-11-25(20,21)22)18-15-7-4-3-6-14(15)8-9-16(18)24-17/h3-4,6-9,12H,5,10-11H2,1-2H3/b13-12+. The Morgan fingerprint density at radius 3 is 2.76 bits per heavy atom. The Morgan fingerprint density at radius 2 is 2.04 bits per heavy atom. The van der Waals surface area contributed by atoms with Crippen molar-refractivity contribution in [2.45, 2.75) is 19.9 Å². The summed E-state index contributed by atoms with van der Waals surface area (Å²) < 4.78 is 36.2. The molecule has 0 bridgehead atoms. The molecule has 1 aromatic heterocycles. The third-order valence-electron chi connectivity index (χ3n) is 4.04. The van der Waals surface area contributed by atoms with Crippen LogP contribution in [0.5, 0.6) is 0 Å². The summed E-state index contributed by atoms with van der Waals surface area (Å²) in [7, 11) is -4.19. The highest BCUT2D eigenvalue weighted by molar-refractivity contribution is 8.02. The lowest BCUT2D eigenvalue weighted by Gasteiger charge is -2.05. The second kappa shape index (κ2) is 7.45. The third kappa shape index (κ3) is 4.23. The highest BCUT2D eigenvalue weighted by atomic mass is 32.2. The number of rotatable bonds is 6. The summed E-state index contributed by atoms with van der Waals surface area (Å²) in [4.78, 5) is 1.18. The molecule has 0 aliphatic rings. The number of benzene rings is 2. The van der Waals surface area contributed by atoms with Gasteiger partial charge in [-0.15, -0.1) is 11.8 Å². The zero-order chi connectivity index (χ0) is 18.0. The first-order valence-electron chi connectivity index (χ1n) is 7.89. The van der Waals surface area contributed by atoms with E-state index in [1.165, 1.54) is 4.91 Å². The molecule has 0 N–H and O–H groups in total. The van der Waals surface area contributed by atoms with E-state index >= 15 is 0 Å². The van der Waals surface area contributed by atoms with Gasteiger partial charge in [-0.05, 0) is 35.6 Å². The van der Waals surface area contributed by atoms with E-state index in [-0.39, 0.29) is 5.75 Å². The normalized spacial score (nSPS) is 13.0. The lowest BCUT2D eigenvalue weighted by atomic mass is 10.1. The van der Waals surface area contributed by atoms with Gasteiger partial charge in [0.05, 0.1) is 15.5 Å². The molecule has 0 saturated heterocycles. The molecule has 7 heteroatoms. The van der Waals surface area contributed by atoms with Crippen LogP contribution in [-0.2, 0) is 16.7 Å². The molecular weight excluding hydrogens is 374 g/mol. The molecule has 3 rings (SSSR count). The molecule has 132 valence electrons. The van der Waals surface area contributed by atoms with E-state index in [0.29, 0.717) is 13.0 Å². The molecular formula is C18H19NO3S3. The highest BCUT2D eigenvalue weighted by Crippen LogP contribution is 2.30. The van der Waals surface area contributed by atoms with Crippen molar-refractivity contribution in [1.82, 2.24) is 0 Å². The lowest BCUT2D eigenvalue weighted by molar-refractivity contribution is -0.667. The quantitative estimate of drug-likeness (QED) is 0.469. The van der Waals surface area contributed by atoms with Crippen LogP contribution in [0.4, 0.5) is 0 Å². The van der Waals surface area contributed by atoms with Crippen molar-refractivity contribution in [1.29, 1.82) is 0 Å². The van der Waals surface area contributed by atoms with Gasteiger partial charge in [0.2, 0.25) is 5.52 Å². The minimum atomic E-state index is -4.19. The molecule has 25 heavy (non-hydrogen) atoms. The van der Waals surface area contributed by atoms with Gasteiger partial charge in [0.25, 0.3) is 5.01 Å². The Hall–Kier alpha value is -1.41. The second-order valence-corrected chi connectivity index (χ2v) is 9.44. The zero-order valence-electron chi connectivity index (χ0n) is 14.1. The summed E-state index contributed by atoms with van der Waals surface area (Å²) in [5, 5.41) is 3.36. The molecule has 0 atom stereocenters. The van der Waals surface area contributed by atoms with Crippen molar-refractivity contribution in [2.24, 2.45) is 0 Å². The van der Waals surface area contributed by atoms with Crippen molar-refractivity contribution < 1.29 is 17.5 Å². The number of thioether (sulfide) groups is 1. The summed E-state index contributed by atoms with van der Waals surface area (Å²) in [5.41, 5.74) is 1.10. The largest absolute Gasteiger partial charge is 0.748 e. The molecule has 4 nitrogen and oxygen atoms in total. The predicted molar refractivity (Wildman–Crippen MR) is 106 cm³/mol. The number of fused-ring (bicyclic) bond motifs is 3. The number of hydrogen-bond acceptors (Lipinski definition) is 5. The van der Waals surface area contributed by atoms with E-state index in [4.69, 9.17) is 0 Å². The second-order valence-electron chi connectivity index (χ2n) is 5.80. The van der Waals surface area contributed by atoms with Crippen LogP contribution in [0.3, 0.4) is 0 Å². The Balaban J connectivity index is 2.17. The van der Waals surface area contributed by atoms with Gasteiger partial charge in [-0.2, -0.15) is 4.57 Å². The van der Waals surface area contributed by atoms with Crippen molar-refractivity contribution in [3.8, 4) is 0 Å². The van der Waals surface area contributed by atoms with E-state index in [0.717, 1.165) is 26.0 Å². The molecule has 1 heterocycles. The van der Waals surface area contributed by atoms with Crippen molar-refractivity contribution >= 4 is 60.3 Å². The number of aromatic nitrogens is 1. The molecule has 2 aromatic carbocycles. The van der Waals surface area contributed by atoms with Gasteiger partial charge in [0, 0.05) is 18.2 Å². The van der Waals surface area contributed by atoms with Gasteiger partial charge in [-0.1, -0.05) is 35.6 Å². The van der Waals surface area contributed by atoms with Crippen LogP contribution in [-0.4, -0.2) is 25.0 Å². The Kier molecular flexibility index (Phi) is 5.48. The van der Waals surface area contributed by atoms with Gasteiger partial charge in [0.1, 0.15) is 4.70 Å². The van der Waals surface area contributed by atoms with Crippen LogP contribution < -0.4 is 4.57 Å². The van der Waals surface area contributed by atoms with Crippen LogP contribution in [0, 0.1) is 0 Å². The molecule has 0 spiro atoms. The first kappa shape index (κ1) is 18.4. The van der Waals surface area contributed by atoms with E-state index in [1.807, 2.05) is 18.4 Å². The maximum absolute atomic E-state index is 11.0. The summed E-state index contributed by atoms with van der Waals surface area (Å²) in [6.45, 7) is 2.56. The summed E-state index contributed by atoms with van der Waals surface area (Å²) >= 11 is 3.36. The third-order valence-corrected chi connectivity index (χ3v) is 6.69. The van der Waals surface area contributed by atoms with Crippen molar-refractivity contribution in [2.75, 3.05) is 12.0 Å². The Bertz CT molecular complexity index is 1050. The van der Waals surface area contributed by atoms with E-state index < -0.39 is 10.1 Å². The molecule has 0 unspecified atom stereocenters. The van der Waals surface area contributed by atoms with Crippen LogP contribution >= 0.6 is 23.1 Å². The fourth-order valence-corrected chi connectivity index (χ4v) is 4.83. The minimum Gasteiger partial charge on any atom is -0.748 e. The van der Waals surface area contributed by atoms with Gasteiger partial charge >= 0.3 is 0 Å². The molecule has 0 fully saturated rings. The SMILES string of the molecule is CS/C(C)=C/c1sc2ccc3ccccc3c2[n+]1CCCS(=O)(=O)[O-]. The van der Waals surface area contributed by atoms with Crippen molar-refractivity contribution in [3.05, 3.63) is 46.3 Å². The zero-order valence-corrected chi connectivity index (χ0v) is 16.5. The maximum atomic E-state index is 11.0. The smallest absolute Gasteiger partial charge is 0.263 e. The highest BCUT2D eigenvalue weighted by Gasteiger charge is 2.21. The molecule has 0 aliphatic carbocycles. The maximum Gasteiger partial charge on any atom is 0.263 e. The Morgan fingerprint density at radius 1 is 1.28 bits per heavy atom. The number of hydrogen-bond donors (Lipinski definition) is 0. The summed E-state index contributed by atoms with van der Waals surface area (Å²) in [6.07, 6.45) is 4.46. The first-order chi connectivity index (χ1) is 11.9. The Labute approximate surface area is 155 Å². The topological polar surface area (TPSA) is 61.1 Å². The average molecular weight is 394 g/mol. The fourth-order valence-electron chi connectivity index (χ4n) is 2.84. The predicted octanol–water partition coefficient (Wildman–Crippen LogP) is 4.00. The molecule has 0 amide bonds. The van der Waals surface area contributed by atoms with Gasteiger partial charge < -0.3 is 4.55 Å². The van der Waals surface area contributed by atoms with Crippen LogP contribution in [0.25, 0.3) is 27.1 Å². The van der Waals surface area contributed by atoms with Crippen LogP contribution in [0.1, 0.15) is 18.4 Å². The van der Waals surface area contributed by atoms with Gasteiger partial charge in [-0.3, -0.25) is 0 Å². The monoisotopic (exact) mass is 393 g/mol. The fraction of sp³-hybridized carbons (Fsp3) is 0.278. The minimum absolute atomic E-state index is 0.310. The first-order valence-corrected chi connectivity index (χ1v) is 11.5. The lowest BCUT2D eigenvalue weighted by Crippen LogP contribution is -2.36. The van der Waals surface area contributed by atoms with Crippen LogP contribution in [0.2, 0.25) is 0 Å². The van der Waals surface area contributed by atoms with E-state index in [1.54, 1.807) is 23.1 Å². The number of nitrogens with zero attached hydrogens (tertiary/aromatic N) is 1. The van der Waals surface area contributed by atoms with E-state index in [9.17, 15) is 13.0 Å². The van der Waals surface area contributed by atoms with Gasteiger partial charge in [0.15, 0.2) is 6.54 Å². The number of allylic oxidation sites excluding steroid dienone is 1. The molecule has 0 radical (unpaired) electrons. The van der Waals surface area contributed by atoms with Crippen molar-refractivity contribution in [3.63, 3.8) is 0 Å².